The third-order valence-electron chi connectivity index (χ3n) is 6.53. The van der Waals surface area contributed by atoms with Crippen molar-refractivity contribution in [2.24, 2.45) is 10.4 Å². The normalized spacial score (nSPS) is 20.7. The first-order chi connectivity index (χ1) is 16.1. The van der Waals surface area contributed by atoms with Crippen molar-refractivity contribution in [1.29, 1.82) is 0 Å². The molecule has 0 amide bonds. The van der Waals surface area contributed by atoms with Crippen LogP contribution in [0.2, 0.25) is 0 Å². The molecule has 1 heterocycles. The first-order valence-electron chi connectivity index (χ1n) is 12.0. The molecule has 0 saturated heterocycles. The second-order valence-corrected chi connectivity index (χ2v) is 9.58. The van der Waals surface area contributed by atoms with Crippen molar-refractivity contribution in [3.8, 4) is 0 Å². The van der Waals surface area contributed by atoms with Gasteiger partial charge in [-0.15, -0.1) is 0 Å². The lowest BCUT2D eigenvalue weighted by molar-refractivity contribution is 0.627. The predicted octanol–water partition coefficient (Wildman–Crippen LogP) is 8.26. The zero-order valence-electron chi connectivity index (χ0n) is 21.6. The fourth-order valence-corrected chi connectivity index (χ4v) is 5.20. The molecular formula is C31H37FN2. The van der Waals surface area contributed by atoms with E-state index in [-0.39, 0.29) is 11.2 Å². The minimum absolute atomic E-state index is 0.207. The van der Waals surface area contributed by atoms with Gasteiger partial charge in [-0.25, -0.2) is 9.38 Å². The Morgan fingerprint density at radius 3 is 2.38 bits per heavy atom. The molecule has 2 aliphatic rings. The third kappa shape index (κ3) is 5.30. The summed E-state index contributed by atoms with van der Waals surface area (Å²) in [6.45, 7) is 19.6. The average Bonchev–Trinajstić information content (AvgIpc) is 3.04. The van der Waals surface area contributed by atoms with Crippen LogP contribution >= 0.6 is 0 Å². The van der Waals surface area contributed by atoms with Gasteiger partial charge in [0, 0.05) is 17.7 Å². The van der Waals surface area contributed by atoms with Crippen LogP contribution in [0.15, 0.2) is 105 Å². The molecule has 178 valence electrons. The second kappa shape index (κ2) is 10.4. The molecule has 1 aromatic rings. The molecule has 0 spiro atoms. The van der Waals surface area contributed by atoms with Gasteiger partial charge in [-0.05, 0) is 105 Å². The van der Waals surface area contributed by atoms with E-state index in [9.17, 15) is 4.39 Å². The van der Waals surface area contributed by atoms with Gasteiger partial charge in [-0.3, -0.25) is 0 Å². The van der Waals surface area contributed by atoms with E-state index in [2.05, 4.69) is 78.6 Å². The fraction of sp³-hybridized carbons (Fsp3) is 0.323. The minimum Gasteiger partial charge on any atom is -0.366 e. The summed E-state index contributed by atoms with van der Waals surface area (Å²) in [6.07, 6.45) is 11.5. The molecule has 1 aliphatic carbocycles. The van der Waals surface area contributed by atoms with Crippen LogP contribution in [0.5, 0.6) is 0 Å². The van der Waals surface area contributed by atoms with Gasteiger partial charge in [0.25, 0.3) is 0 Å². The van der Waals surface area contributed by atoms with Crippen molar-refractivity contribution >= 4 is 11.3 Å². The van der Waals surface area contributed by atoms with E-state index < -0.39 is 0 Å². The smallest absolute Gasteiger partial charge is 0.123 e. The standard InChI is InChI=1S/C31H37FN2/c1-9-11-24(16-20(3)4)19-33-29-18-31(8)17-28(22(6)30(31)23(7)34-29)21(5)27(10-2)25-12-14-26(32)15-13-25/h9,11-18,33H,1,10,19H2,2-8H3/b24-11+,27-21-. The summed E-state index contributed by atoms with van der Waals surface area (Å²) in [5, 5.41) is 3.52. The van der Waals surface area contributed by atoms with Crippen LogP contribution in [0.1, 0.15) is 60.5 Å². The Balaban J connectivity index is 1.98. The van der Waals surface area contributed by atoms with Crippen LogP contribution in [0, 0.1) is 11.2 Å². The number of hydrogen-bond acceptors (Lipinski definition) is 2. The number of aliphatic imine (C=N–C) groups is 1. The summed E-state index contributed by atoms with van der Waals surface area (Å²) in [6, 6.07) is 6.82. The van der Waals surface area contributed by atoms with Gasteiger partial charge in [-0.1, -0.05) is 55.5 Å². The van der Waals surface area contributed by atoms with Gasteiger partial charge in [-0.2, -0.15) is 0 Å². The van der Waals surface area contributed by atoms with Crippen LogP contribution in [-0.2, 0) is 0 Å². The van der Waals surface area contributed by atoms with E-state index in [4.69, 9.17) is 4.99 Å². The van der Waals surface area contributed by atoms with E-state index in [1.807, 2.05) is 24.3 Å². The van der Waals surface area contributed by atoms with Crippen LogP contribution in [0.25, 0.3) is 5.57 Å². The van der Waals surface area contributed by atoms with Crippen molar-refractivity contribution in [2.75, 3.05) is 6.54 Å². The Morgan fingerprint density at radius 1 is 1.12 bits per heavy atom. The molecule has 0 radical (unpaired) electrons. The molecule has 0 bridgehead atoms. The molecule has 1 atom stereocenters. The Morgan fingerprint density at radius 2 is 1.79 bits per heavy atom. The summed E-state index contributed by atoms with van der Waals surface area (Å²) in [7, 11) is 0. The molecule has 1 aliphatic heterocycles. The Bertz CT molecular complexity index is 1190. The monoisotopic (exact) mass is 456 g/mol. The lowest BCUT2D eigenvalue weighted by atomic mass is 9.80. The van der Waals surface area contributed by atoms with E-state index >= 15 is 0 Å². The quantitative estimate of drug-likeness (QED) is 0.391. The lowest BCUT2D eigenvalue weighted by Gasteiger charge is -2.28. The topological polar surface area (TPSA) is 24.4 Å². The number of benzene rings is 1. The molecule has 2 nitrogen and oxygen atoms in total. The maximum absolute atomic E-state index is 13.5. The first kappa shape index (κ1) is 25.4. The van der Waals surface area contributed by atoms with Gasteiger partial charge < -0.3 is 5.32 Å². The Labute approximate surface area is 204 Å². The highest BCUT2D eigenvalue weighted by Gasteiger charge is 2.38. The molecule has 1 aromatic carbocycles. The predicted molar refractivity (Wildman–Crippen MR) is 145 cm³/mol. The van der Waals surface area contributed by atoms with Gasteiger partial charge in [0.05, 0.1) is 0 Å². The molecule has 3 rings (SSSR count). The SMILES string of the molecule is C=C/C=C(\C=C(C)C)CNC1=CC2(C)C=C(/C(C)=C(/CC)c3ccc(F)cc3)C(C)=C2C(C)=N1. The summed E-state index contributed by atoms with van der Waals surface area (Å²) < 4.78 is 13.5. The molecule has 0 aromatic heterocycles. The molecule has 0 fully saturated rings. The van der Waals surface area contributed by atoms with E-state index in [0.717, 1.165) is 23.5 Å². The fourth-order valence-electron chi connectivity index (χ4n) is 5.20. The van der Waals surface area contributed by atoms with E-state index in [1.54, 1.807) is 0 Å². The highest BCUT2D eigenvalue weighted by molar-refractivity contribution is 6.04. The largest absolute Gasteiger partial charge is 0.366 e. The van der Waals surface area contributed by atoms with E-state index in [1.165, 1.54) is 51.1 Å². The van der Waals surface area contributed by atoms with Crippen molar-refractivity contribution in [2.45, 2.75) is 54.9 Å². The molecule has 1 N–H and O–H groups in total. The number of fused-ring (bicyclic) bond motifs is 1. The maximum atomic E-state index is 13.5. The molecular weight excluding hydrogens is 419 g/mol. The van der Waals surface area contributed by atoms with Crippen LogP contribution in [-0.4, -0.2) is 12.3 Å². The number of hydrogen-bond donors (Lipinski definition) is 1. The Hall–Kier alpha value is -3.20. The summed E-state index contributed by atoms with van der Waals surface area (Å²) in [5.74, 6) is 0.684. The maximum Gasteiger partial charge on any atom is 0.123 e. The number of halogens is 1. The lowest BCUT2D eigenvalue weighted by Crippen LogP contribution is -2.27. The third-order valence-corrected chi connectivity index (χ3v) is 6.53. The minimum atomic E-state index is -0.227. The van der Waals surface area contributed by atoms with Gasteiger partial charge in [0.1, 0.15) is 11.6 Å². The zero-order valence-corrected chi connectivity index (χ0v) is 21.6. The number of nitrogens with one attached hydrogen (secondary N) is 1. The summed E-state index contributed by atoms with van der Waals surface area (Å²) >= 11 is 0. The van der Waals surface area contributed by atoms with Gasteiger partial charge in [0.2, 0.25) is 0 Å². The summed E-state index contributed by atoms with van der Waals surface area (Å²) in [5.41, 5.74) is 10.6. The van der Waals surface area contributed by atoms with Crippen LogP contribution in [0.4, 0.5) is 4.39 Å². The highest BCUT2D eigenvalue weighted by Crippen LogP contribution is 2.48. The number of nitrogens with zero attached hydrogens (tertiary/aromatic N) is 1. The van der Waals surface area contributed by atoms with Crippen LogP contribution < -0.4 is 5.32 Å². The Kier molecular flexibility index (Phi) is 7.76. The van der Waals surface area contributed by atoms with E-state index in [0.29, 0.717) is 6.54 Å². The summed E-state index contributed by atoms with van der Waals surface area (Å²) in [4.78, 5) is 4.90. The second-order valence-electron chi connectivity index (χ2n) is 9.58. The molecule has 34 heavy (non-hydrogen) atoms. The highest BCUT2D eigenvalue weighted by atomic mass is 19.1. The average molecular weight is 457 g/mol. The van der Waals surface area contributed by atoms with Gasteiger partial charge >= 0.3 is 0 Å². The first-order valence-corrected chi connectivity index (χ1v) is 12.0. The molecule has 3 heteroatoms. The van der Waals surface area contributed by atoms with Crippen molar-refractivity contribution < 1.29 is 4.39 Å². The van der Waals surface area contributed by atoms with Gasteiger partial charge in [0.15, 0.2) is 0 Å². The molecule has 0 saturated carbocycles. The zero-order chi connectivity index (χ0) is 25.0. The van der Waals surface area contributed by atoms with Crippen LogP contribution in [0.3, 0.4) is 0 Å². The number of rotatable bonds is 8. The molecule has 1 unspecified atom stereocenters. The van der Waals surface area contributed by atoms with Crippen molar-refractivity contribution in [3.05, 3.63) is 112 Å². The number of allylic oxidation sites excluding steroid dienone is 10. The van der Waals surface area contributed by atoms with Crippen molar-refractivity contribution in [3.63, 3.8) is 0 Å². The van der Waals surface area contributed by atoms with Crippen molar-refractivity contribution in [1.82, 2.24) is 5.32 Å².